The summed E-state index contributed by atoms with van der Waals surface area (Å²) in [5, 5.41) is 10.9. The van der Waals surface area contributed by atoms with Crippen LogP contribution in [0.1, 0.15) is 32.3 Å². The second-order valence-electron chi connectivity index (χ2n) is 5.68. The van der Waals surface area contributed by atoms with Crippen LogP contribution < -0.4 is 10.1 Å². The SMILES string of the molecule is COC(=O)CSc1nnc(NC(=O)C(C)Oc2ccccc2C(C)C)s1. The number of thioether (sulfide) groups is 1. The molecule has 1 unspecified atom stereocenters. The lowest BCUT2D eigenvalue weighted by Crippen LogP contribution is -2.30. The highest BCUT2D eigenvalue weighted by Gasteiger charge is 2.19. The van der Waals surface area contributed by atoms with Gasteiger partial charge >= 0.3 is 5.97 Å². The van der Waals surface area contributed by atoms with Gasteiger partial charge in [-0.05, 0) is 24.5 Å². The quantitative estimate of drug-likeness (QED) is 0.416. The Morgan fingerprint density at radius 2 is 1.96 bits per heavy atom. The van der Waals surface area contributed by atoms with Crippen LogP contribution in [0, 0.1) is 0 Å². The fourth-order valence-electron chi connectivity index (χ4n) is 2.01. The number of esters is 1. The molecule has 0 radical (unpaired) electrons. The van der Waals surface area contributed by atoms with Gasteiger partial charge in [-0.2, -0.15) is 0 Å². The number of aromatic nitrogens is 2. The first-order valence-electron chi connectivity index (χ1n) is 8.00. The molecule has 9 heteroatoms. The number of benzene rings is 1. The number of para-hydroxylation sites is 1. The number of hydrogen-bond donors (Lipinski definition) is 1. The molecule has 0 saturated heterocycles. The average Bonchev–Trinajstić information content (AvgIpc) is 3.07. The monoisotopic (exact) mass is 395 g/mol. The Morgan fingerprint density at radius 1 is 1.23 bits per heavy atom. The zero-order chi connectivity index (χ0) is 19.1. The summed E-state index contributed by atoms with van der Waals surface area (Å²) in [5.74, 6) is 0.464. The summed E-state index contributed by atoms with van der Waals surface area (Å²) >= 11 is 2.40. The van der Waals surface area contributed by atoms with Crippen LogP contribution in [-0.4, -0.2) is 41.0 Å². The summed E-state index contributed by atoms with van der Waals surface area (Å²) in [5.41, 5.74) is 1.05. The third-order valence-electron chi connectivity index (χ3n) is 3.39. The third-order valence-corrected chi connectivity index (χ3v) is 5.34. The Balaban J connectivity index is 1.93. The van der Waals surface area contributed by atoms with Crippen molar-refractivity contribution in [3.63, 3.8) is 0 Å². The van der Waals surface area contributed by atoms with Gasteiger partial charge < -0.3 is 9.47 Å². The summed E-state index contributed by atoms with van der Waals surface area (Å²) in [6, 6.07) is 7.66. The Labute approximate surface area is 160 Å². The third kappa shape index (κ3) is 5.70. The van der Waals surface area contributed by atoms with Crippen molar-refractivity contribution in [3.05, 3.63) is 29.8 Å². The molecular formula is C17H21N3O4S2. The van der Waals surface area contributed by atoms with Crippen molar-refractivity contribution in [2.24, 2.45) is 0 Å². The van der Waals surface area contributed by atoms with E-state index in [2.05, 4.69) is 34.1 Å². The van der Waals surface area contributed by atoms with Gasteiger partial charge in [0.1, 0.15) is 5.75 Å². The number of nitrogens with one attached hydrogen (secondary N) is 1. The number of nitrogens with zero attached hydrogens (tertiary/aromatic N) is 2. The van der Waals surface area contributed by atoms with Crippen molar-refractivity contribution in [1.29, 1.82) is 0 Å². The molecule has 1 aromatic heterocycles. The molecule has 26 heavy (non-hydrogen) atoms. The van der Waals surface area contributed by atoms with E-state index >= 15 is 0 Å². The van der Waals surface area contributed by atoms with Gasteiger partial charge in [0.05, 0.1) is 12.9 Å². The van der Waals surface area contributed by atoms with Crippen molar-refractivity contribution in [3.8, 4) is 5.75 Å². The summed E-state index contributed by atoms with van der Waals surface area (Å²) in [6.45, 7) is 5.82. The van der Waals surface area contributed by atoms with Crippen molar-refractivity contribution in [2.75, 3.05) is 18.2 Å². The highest BCUT2D eigenvalue weighted by Crippen LogP contribution is 2.28. The largest absolute Gasteiger partial charge is 0.481 e. The van der Waals surface area contributed by atoms with Gasteiger partial charge in [0.2, 0.25) is 5.13 Å². The van der Waals surface area contributed by atoms with Crippen molar-refractivity contribution in [2.45, 2.75) is 37.1 Å². The van der Waals surface area contributed by atoms with Gasteiger partial charge in [-0.1, -0.05) is 55.1 Å². The van der Waals surface area contributed by atoms with E-state index in [1.54, 1.807) is 6.92 Å². The standard InChI is InChI=1S/C17H21N3O4S2/c1-10(2)12-7-5-6-8-13(12)24-11(3)15(22)18-16-19-20-17(26-16)25-9-14(21)23-4/h5-8,10-11H,9H2,1-4H3,(H,18,19,22). The van der Waals surface area contributed by atoms with Crippen LogP contribution in [0.25, 0.3) is 0 Å². The van der Waals surface area contributed by atoms with E-state index in [4.69, 9.17) is 4.74 Å². The van der Waals surface area contributed by atoms with Crippen LogP contribution in [0.3, 0.4) is 0 Å². The van der Waals surface area contributed by atoms with E-state index < -0.39 is 6.10 Å². The topological polar surface area (TPSA) is 90.4 Å². The predicted octanol–water partition coefficient (Wildman–Crippen LogP) is 3.33. The molecule has 140 valence electrons. The van der Waals surface area contributed by atoms with E-state index in [9.17, 15) is 9.59 Å². The van der Waals surface area contributed by atoms with Gasteiger partial charge in [-0.3, -0.25) is 14.9 Å². The predicted molar refractivity (Wildman–Crippen MR) is 102 cm³/mol. The summed E-state index contributed by atoms with van der Waals surface area (Å²) in [7, 11) is 1.33. The lowest BCUT2D eigenvalue weighted by Gasteiger charge is -2.18. The van der Waals surface area contributed by atoms with Crippen LogP contribution in [0.15, 0.2) is 28.6 Å². The molecule has 0 spiro atoms. The van der Waals surface area contributed by atoms with Crippen molar-refractivity contribution in [1.82, 2.24) is 10.2 Å². The van der Waals surface area contributed by atoms with Crippen LogP contribution in [0.2, 0.25) is 0 Å². The first-order valence-corrected chi connectivity index (χ1v) is 9.80. The minimum absolute atomic E-state index is 0.143. The Morgan fingerprint density at radius 3 is 2.65 bits per heavy atom. The second kappa shape index (κ2) is 9.54. The Bertz CT molecular complexity index is 764. The molecule has 1 N–H and O–H groups in total. The summed E-state index contributed by atoms with van der Waals surface area (Å²) in [4.78, 5) is 23.5. The molecular weight excluding hydrogens is 374 g/mol. The molecule has 0 saturated carbocycles. The number of carbonyl (C=O) groups excluding carboxylic acids is 2. The van der Waals surface area contributed by atoms with Gasteiger partial charge in [0.25, 0.3) is 5.91 Å². The molecule has 1 heterocycles. The van der Waals surface area contributed by atoms with E-state index in [1.165, 1.54) is 30.2 Å². The smallest absolute Gasteiger partial charge is 0.316 e. The molecule has 2 rings (SSSR count). The van der Waals surface area contributed by atoms with Gasteiger partial charge in [-0.25, -0.2) is 0 Å². The fraction of sp³-hybridized carbons (Fsp3) is 0.412. The van der Waals surface area contributed by atoms with Gasteiger partial charge in [0, 0.05) is 0 Å². The maximum atomic E-state index is 12.3. The molecule has 0 aliphatic rings. The number of carbonyl (C=O) groups is 2. The van der Waals surface area contributed by atoms with Crippen molar-refractivity contribution < 1.29 is 19.1 Å². The molecule has 1 aromatic carbocycles. The normalized spacial score (nSPS) is 11.9. The Hall–Kier alpha value is -2.13. The number of anilines is 1. The number of methoxy groups -OCH3 is 1. The first-order chi connectivity index (χ1) is 12.4. The van der Waals surface area contributed by atoms with Crippen LogP contribution in [0.5, 0.6) is 5.75 Å². The second-order valence-corrected chi connectivity index (χ2v) is 7.88. The lowest BCUT2D eigenvalue weighted by atomic mass is 10.0. The van der Waals surface area contributed by atoms with E-state index in [0.29, 0.717) is 21.1 Å². The average molecular weight is 396 g/mol. The number of hydrogen-bond acceptors (Lipinski definition) is 8. The number of ether oxygens (including phenoxy) is 2. The maximum Gasteiger partial charge on any atom is 0.316 e. The summed E-state index contributed by atoms with van der Waals surface area (Å²) in [6.07, 6.45) is -0.690. The fourth-order valence-corrected chi connectivity index (χ4v) is 3.60. The molecule has 1 amide bonds. The highest BCUT2D eigenvalue weighted by molar-refractivity contribution is 8.01. The minimum atomic E-state index is -0.690. The number of amides is 1. The lowest BCUT2D eigenvalue weighted by molar-refractivity contribution is -0.137. The highest BCUT2D eigenvalue weighted by atomic mass is 32.2. The molecule has 1 atom stereocenters. The molecule has 2 aromatic rings. The maximum absolute atomic E-state index is 12.3. The van der Waals surface area contributed by atoms with Crippen molar-refractivity contribution >= 4 is 40.1 Å². The molecule has 0 aliphatic heterocycles. The molecule has 0 aliphatic carbocycles. The van der Waals surface area contributed by atoms with Crippen LogP contribution in [-0.2, 0) is 14.3 Å². The summed E-state index contributed by atoms with van der Waals surface area (Å²) < 4.78 is 11.0. The van der Waals surface area contributed by atoms with Gasteiger partial charge in [0.15, 0.2) is 10.4 Å². The number of rotatable bonds is 8. The Kier molecular flexibility index (Phi) is 7.40. The van der Waals surface area contributed by atoms with Gasteiger partial charge in [-0.15, -0.1) is 10.2 Å². The van der Waals surface area contributed by atoms with E-state index in [0.717, 1.165) is 5.56 Å². The molecule has 0 bridgehead atoms. The van der Waals surface area contributed by atoms with E-state index in [-0.39, 0.29) is 17.6 Å². The zero-order valence-electron chi connectivity index (χ0n) is 15.0. The van der Waals surface area contributed by atoms with Crippen LogP contribution >= 0.6 is 23.1 Å². The molecule has 0 fully saturated rings. The first kappa shape index (κ1) is 20.2. The molecule has 7 nitrogen and oxygen atoms in total. The van der Waals surface area contributed by atoms with Crippen LogP contribution in [0.4, 0.5) is 5.13 Å². The minimum Gasteiger partial charge on any atom is -0.481 e. The van der Waals surface area contributed by atoms with E-state index in [1.807, 2.05) is 24.3 Å². The zero-order valence-corrected chi connectivity index (χ0v) is 16.6.